The standard InChI is InChI=1S/C19H29N7O8/c1-9(20)16(30)24-11(2-4-14(21)27)17(31)25-12(3-5-15(28)29)18(32)26-13(19(33)34)6-10-7-22-8-23-10/h7-9,11-13H,2-6,20H2,1H3,(H2,21,27)(H,22,23)(H,24,30)(H,25,31)(H,26,32)(H,28,29)(H,33,34). The number of aromatic amines is 1. The quantitative estimate of drug-likeness (QED) is 0.125. The molecular weight excluding hydrogens is 454 g/mol. The summed E-state index contributed by atoms with van der Waals surface area (Å²) in [5.41, 5.74) is 11.0. The fourth-order valence-electron chi connectivity index (χ4n) is 2.76. The molecule has 1 aromatic rings. The Morgan fingerprint density at radius 1 is 0.941 bits per heavy atom. The molecule has 0 radical (unpaired) electrons. The largest absolute Gasteiger partial charge is 0.481 e. The van der Waals surface area contributed by atoms with Gasteiger partial charge in [-0.1, -0.05) is 0 Å². The van der Waals surface area contributed by atoms with Gasteiger partial charge in [0.1, 0.15) is 18.1 Å². The molecule has 10 N–H and O–H groups in total. The summed E-state index contributed by atoms with van der Waals surface area (Å²) >= 11 is 0. The van der Waals surface area contributed by atoms with Gasteiger partial charge in [-0.25, -0.2) is 9.78 Å². The number of carbonyl (C=O) groups is 6. The first kappa shape index (κ1) is 28.0. The highest BCUT2D eigenvalue weighted by Crippen LogP contribution is 2.05. The maximum Gasteiger partial charge on any atom is 0.326 e. The number of carboxylic acids is 2. The van der Waals surface area contributed by atoms with Gasteiger partial charge in [0.15, 0.2) is 0 Å². The van der Waals surface area contributed by atoms with Gasteiger partial charge in [-0.15, -0.1) is 0 Å². The third-order valence-corrected chi connectivity index (χ3v) is 4.60. The monoisotopic (exact) mass is 483 g/mol. The highest BCUT2D eigenvalue weighted by atomic mass is 16.4. The number of H-pyrrole nitrogens is 1. The van der Waals surface area contributed by atoms with Gasteiger partial charge in [0.05, 0.1) is 12.4 Å². The summed E-state index contributed by atoms with van der Waals surface area (Å²) in [5.74, 6) is -5.92. The van der Waals surface area contributed by atoms with Gasteiger partial charge in [0.25, 0.3) is 0 Å². The molecule has 4 unspecified atom stereocenters. The molecule has 4 amide bonds. The summed E-state index contributed by atoms with van der Waals surface area (Å²) in [6.07, 6.45) is 1.19. The first-order valence-electron chi connectivity index (χ1n) is 10.3. The van der Waals surface area contributed by atoms with E-state index in [-0.39, 0.29) is 25.7 Å². The molecule has 0 saturated heterocycles. The van der Waals surface area contributed by atoms with E-state index in [1.165, 1.54) is 19.4 Å². The number of aromatic nitrogens is 2. The number of aliphatic carboxylic acids is 2. The topological polar surface area (TPSA) is 260 Å². The first-order valence-corrected chi connectivity index (χ1v) is 10.3. The summed E-state index contributed by atoms with van der Waals surface area (Å²) in [7, 11) is 0. The highest BCUT2D eigenvalue weighted by molar-refractivity contribution is 5.94. The number of amides is 4. The number of carboxylic acid groups (broad SMARTS) is 2. The molecule has 1 rings (SSSR count). The minimum Gasteiger partial charge on any atom is -0.481 e. The van der Waals surface area contributed by atoms with E-state index in [9.17, 15) is 33.9 Å². The van der Waals surface area contributed by atoms with E-state index in [0.29, 0.717) is 5.69 Å². The zero-order valence-corrected chi connectivity index (χ0v) is 18.4. The van der Waals surface area contributed by atoms with Gasteiger partial charge in [0.2, 0.25) is 23.6 Å². The van der Waals surface area contributed by atoms with Crippen LogP contribution in [-0.4, -0.2) is 79.9 Å². The zero-order valence-electron chi connectivity index (χ0n) is 18.4. The average Bonchev–Trinajstić information content (AvgIpc) is 3.25. The van der Waals surface area contributed by atoms with E-state index in [1.54, 1.807) is 0 Å². The molecule has 1 heterocycles. The van der Waals surface area contributed by atoms with Gasteiger partial charge < -0.3 is 42.6 Å². The van der Waals surface area contributed by atoms with Crippen molar-refractivity contribution in [2.24, 2.45) is 11.5 Å². The Morgan fingerprint density at radius 3 is 1.91 bits per heavy atom. The smallest absolute Gasteiger partial charge is 0.326 e. The molecule has 0 spiro atoms. The van der Waals surface area contributed by atoms with Crippen molar-refractivity contribution in [3.63, 3.8) is 0 Å². The fraction of sp³-hybridized carbons (Fsp3) is 0.526. The maximum atomic E-state index is 12.8. The van der Waals surface area contributed by atoms with Crippen molar-refractivity contribution in [1.82, 2.24) is 25.9 Å². The van der Waals surface area contributed by atoms with Gasteiger partial charge in [0, 0.05) is 31.2 Å². The van der Waals surface area contributed by atoms with E-state index in [2.05, 4.69) is 25.9 Å². The molecular formula is C19H29N7O8. The van der Waals surface area contributed by atoms with Gasteiger partial charge >= 0.3 is 11.9 Å². The Bertz CT molecular complexity index is 887. The molecule has 0 aliphatic rings. The van der Waals surface area contributed by atoms with E-state index in [0.717, 1.165) is 0 Å². The van der Waals surface area contributed by atoms with Crippen LogP contribution in [0.2, 0.25) is 0 Å². The summed E-state index contributed by atoms with van der Waals surface area (Å²) in [6.45, 7) is 1.37. The lowest BCUT2D eigenvalue weighted by molar-refractivity contribution is -0.143. The number of nitrogens with two attached hydrogens (primary N) is 2. The number of carbonyl (C=O) groups excluding carboxylic acids is 4. The SMILES string of the molecule is CC(N)C(=O)NC(CCC(N)=O)C(=O)NC(CCC(=O)O)C(=O)NC(Cc1cnc[nH]1)C(=O)O. The number of rotatable bonds is 15. The molecule has 0 aromatic carbocycles. The lowest BCUT2D eigenvalue weighted by Gasteiger charge is -2.24. The van der Waals surface area contributed by atoms with E-state index in [4.69, 9.17) is 16.6 Å². The van der Waals surface area contributed by atoms with Gasteiger partial charge in [-0.2, -0.15) is 0 Å². The second-order valence-corrected chi connectivity index (χ2v) is 7.53. The molecule has 0 fully saturated rings. The highest BCUT2D eigenvalue weighted by Gasteiger charge is 2.30. The van der Waals surface area contributed by atoms with Crippen molar-refractivity contribution in [2.75, 3.05) is 0 Å². The van der Waals surface area contributed by atoms with Crippen LogP contribution in [0.5, 0.6) is 0 Å². The second-order valence-electron chi connectivity index (χ2n) is 7.53. The van der Waals surface area contributed by atoms with E-state index < -0.39 is 66.2 Å². The zero-order chi connectivity index (χ0) is 25.8. The van der Waals surface area contributed by atoms with Crippen LogP contribution in [0.4, 0.5) is 0 Å². The van der Waals surface area contributed by atoms with Gasteiger partial charge in [-0.3, -0.25) is 24.0 Å². The molecule has 34 heavy (non-hydrogen) atoms. The van der Waals surface area contributed by atoms with E-state index >= 15 is 0 Å². The molecule has 188 valence electrons. The van der Waals surface area contributed by atoms with Crippen molar-refractivity contribution in [1.29, 1.82) is 0 Å². The molecule has 15 heteroatoms. The third-order valence-electron chi connectivity index (χ3n) is 4.60. The van der Waals surface area contributed by atoms with Crippen LogP contribution in [0.15, 0.2) is 12.5 Å². The second kappa shape index (κ2) is 13.5. The molecule has 0 bridgehead atoms. The van der Waals surface area contributed by atoms with Crippen molar-refractivity contribution >= 4 is 35.6 Å². The summed E-state index contributed by atoms with van der Waals surface area (Å²) in [4.78, 5) is 77.7. The van der Waals surface area contributed by atoms with E-state index in [1.807, 2.05) is 0 Å². The minimum absolute atomic E-state index is 0.146. The number of nitrogens with one attached hydrogen (secondary N) is 4. The maximum absolute atomic E-state index is 12.8. The number of nitrogens with zero attached hydrogens (tertiary/aromatic N) is 1. The van der Waals surface area contributed by atoms with Crippen LogP contribution in [-0.2, 0) is 35.2 Å². The Kier molecular flexibility index (Phi) is 11.1. The third kappa shape index (κ3) is 10.1. The van der Waals surface area contributed by atoms with Crippen molar-refractivity contribution < 1.29 is 39.0 Å². The molecule has 0 aliphatic heterocycles. The van der Waals surface area contributed by atoms with Crippen LogP contribution >= 0.6 is 0 Å². The summed E-state index contributed by atoms with van der Waals surface area (Å²) < 4.78 is 0. The number of imidazole rings is 1. The minimum atomic E-state index is -1.45. The van der Waals surface area contributed by atoms with Crippen LogP contribution in [0.3, 0.4) is 0 Å². The van der Waals surface area contributed by atoms with Crippen LogP contribution < -0.4 is 27.4 Å². The van der Waals surface area contributed by atoms with Crippen LogP contribution in [0.1, 0.15) is 38.3 Å². The van der Waals surface area contributed by atoms with Gasteiger partial charge in [-0.05, 0) is 19.8 Å². The fourth-order valence-corrected chi connectivity index (χ4v) is 2.76. The number of hydrogen-bond donors (Lipinski definition) is 8. The lowest BCUT2D eigenvalue weighted by atomic mass is 10.1. The average molecular weight is 483 g/mol. The molecule has 1 aromatic heterocycles. The predicted molar refractivity (Wildman–Crippen MR) is 115 cm³/mol. The Morgan fingerprint density at radius 2 is 1.47 bits per heavy atom. The summed E-state index contributed by atoms with van der Waals surface area (Å²) in [6, 6.07) is -5.13. The number of primary amides is 1. The molecule has 4 atom stereocenters. The Balaban J connectivity index is 3.00. The lowest BCUT2D eigenvalue weighted by Crippen LogP contribution is -2.57. The van der Waals surface area contributed by atoms with Crippen LogP contribution in [0, 0.1) is 0 Å². The van der Waals surface area contributed by atoms with Crippen LogP contribution in [0.25, 0.3) is 0 Å². The Labute approximate surface area is 194 Å². The van der Waals surface area contributed by atoms with Crippen molar-refractivity contribution in [2.45, 2.75) is 63.2 Å². The number of hydrogen-bond acceptors (Lipinski definition) is 8. The molecule has 15 nitrogen and oxygen atoms in total. The molecule has 0 aliphatic carbocycles. The summed E-state index contributed by atoms with van der Waals surface area (Å²) in [5, 5.41) is 25.3. The molecule has 0 saturated carbocycles. The van der Waals surface area contributed by atoms with Crippen molar-refractivity contribution in [3.05, 3.63) is 18.2 Å². The predicted octanol–water partition coefficient (Wildman–Crippen LogP) is -3.03. The van der Waals surface area contributed by atoms with Crippen molar-refractivity contribution in [3.8, 4) is 0 Å². The first-order chi connectivity index (χ1) is 15.9. The Hall–Kier alpha value is -4.01. The normalized spacial score (nSPS) is 14.2.